The Morgan fingerprint density at radius 2 is 2.05 bits per heavy atom. The number of hydrogen-bond acceptors (Lipinski definition) is 3. The van der Waals surface area contributed by atoms with E-state index in [2.05, 4.69) is 38.7 Å². The molecule has 2 aliphatic rings. The van der Waals surface area contributed by atoms with E-state index >= 15 is 0 Å². The molecule has 5 nitrogen and oxygen atoms in total. The molecule has 2 heterocycles. The molecule has 120 valence electrons. The highest BCUT2D eigenvalue weighted by Gasteiger charge is 2.51. The maximum atomic E-state index is 12.7. The molecular formula is C15H27N3O2S. The quantitative estimate of drug-likeness (QED) is 0.781. The Morgan fingerprint density at radius 3 is 2.52 bits per heavy atom. The molecule has 1 N–H and O–H groups in total. The molecule has 0 aromatic heterocycles. The lowest BCUT2D eigenvalue weighted by atomic mass is 9.95. The summed E-state index contributed by atoms with van der Waals surface area (Å²) in [5.41, 5.74) is -0.263. The highest BCUT2D eigenvalue weighted by atomic mass is 32.1. The highest BCUT2D eigenvalue weighted by molar-refractivity contribution is 7.96. The first-order valence-electron chi connectivity index (χ1n) is 7.98. The Morgan fingerprint density at radius 1 is 1.43 bits per heavy atom. The van der Waals surface area contributed by atoms with Gasteiger partial charge in [0.25, 0.3) is 5.24 Å². The fourth-order valence-corrected chi connectivity index (χ4v) is 3.58. The second-order valence-electron chi connectivity index (χ2n) is 6.51. The molecule has 0 radical (unpaired) electrons. The first-order valence-corrected chi connectivity index (χ1v) is 8.43. The molecule has 0 aromatic carbocycles. The van der Waals surface area contributed by atoms with Crippen molar-refractivity contribution in [2.24, 2.45) is 5.92 Å². The van der Waals surface area contributed by atoms with Gasteiger partial charge in [-0.25, -0.2) is 0 Å². The predicted molar refractivity (Wildman–Crippen MR) is 86.3 cm³/mol. The summed E-state index contributed by atoms with van der Waals surface area (Å²) in [7, 11) is 0. The molecule has 2 aliphatic heterocycles. The summed E-state index contributed by atoms with van der Waals surface area (Å²) < 4.78 is 0. The van der Waals surface area contributed by atoms with E-state index < -0.39 is 0 Å². The van der Waals surface area contributed by atoms with E-state index in [1.807, 2.05) is 4.90 Å². The van der Waals surface area contributed by atoms with Crippen LogP contribution in [0, 0.1) is 5.92 Å². The normalized spacial score (nSPS) is 25.2. The van der Waals surface area contributed by atoms with Gasteiger partial charge in [0, 0.05) is 32.5 Å². The summed E-state index contributed by atoms with van der Waals surface area (Å²) in [5, 5.41) is 3.42. The minimum absolute atomic E-state index is 0.0971. The summed E-state index contributed by atoms with van der Waals surface area (Å²) in [6, 6.07) is -0.0971. The lowest BCUT2D eigenvalue weighted by molar-refractivity contribution is -0.133. The molecule has 21 heavy (non-hydrogen) atoms. The van der Waals surface area contributed by atoms with Crippen LogP contribution in [0.3, 0.4) is 0 Å². The lowest BCUT2D eigenvalue weighted by Crippen LogP contribution is -2.59. The fourth-order valence-electron chi connectivity index (χ4n) is 3.38. The van der Waals surface area contributed by atoms with Crippen LogP contribution in [0.4, 0.5) is 4.79 Å². The van der Waals surface area contributed by atoms with Crippen molar-refractivity contribution in [1.29, 1.82) is 0 Å². The molecule has 0 saturated carbocycles. The van der Waals surface area contributed by atoms with Gasteiger partial charge >= 0.3 is 0 Å². The minimum atomic E-state index is -0.263. The molecule has 2 fully saturated rings. The molecule has 6 heteroatoms. The number of nitrogens with one attached hydrogen (secondary N) is 1. The van der Waals surface area contributed by atoms with Gasteiger partial charge in [-0.2, -0.15) is 0 Å². The van der Waals surface area contributed by atoms with E-state index in [9.17, 15) is 9.59 Å². The number of nitrogens with zero attached hydrogens (tertiary/aromatic N) is 2. The number of carbonyl (C=O) groups excluding carboxylic acids is 2. The molecular weight excluding hydrogens is 286 g/mol. The molecule has 1 spiro atoms. The smallest absolute Gasteiger partial charge is 0.278 e. The highest BCUT2D eigenvalue weighted by Crippen LogP contribution is 2.34. The second kappa shape index (κ2) is 6.57. The largest absolute Gasteiger partial charge is 0.334 e. The second-order valence-corrected chi connectivity index (χ2v) is 6.89. The third-order valence-corrected chi connectivity index (χ3v) is 5.02. The van der Waals surface area contributed by atoms with Gasteiger partial charge in [0.05, 0.1) is 11.7 Å². The Labute approximate surface area is 132 Å². The number of piperidine rings is 1. The predicted octanol–water partition coefficient (Wildman–Crippen LogP) is 2.08. The van der Waals surface area contributed by atoms with E-state index in [1.54, 1.807) is 4.90 Å². The van der Waals surface area contributed by atoms with Crippen molar-refractivity contribution in [3.8, 4) is 0 Å². The Bertz CT molecular complexity index is 406. The first-order chi connectivity index (χ1) is 9.91. The van der Waals surface area contributed by atoms with Crippen LogP contribution in [0.5, 0.6) is 0 Å². The van der Waals surface area contributed by atoms with Gasteiger partial charge in [0.1, 0.15) is 0 Å². The molecule has 1 unspecified atom stereocenters. The number of rotatable bonds is 4. The average Bonchev–Trinajstić information content (AvgIpc) is 2.70. The molecule has 2 saturated heterocycles. The summed E-state index contributed by atoms with van der Waals surface area (Å²) in [4.78, 5) is 27.9. The van der Waals surface area contributed by atoms with Crippen molar-refractivity contribution in [1.82, 2.24) is 15.1 Å². The third-order valence-electron chi connectivity index (χ3n) is 4.74. The zero-order chi connectivity index (χ0) is 15.6. The van der Waals surface area contributed by atoms with Crippen LogP contribution in [-0.2, 0) is 4.79 Å². The number of likely N-dealkylation sites (tertiary alicyclic amines) is 1. The van der Waals surface area contributed by atoms with Gasteiger partial charge < -0.3 is 9.80 Å². The van der Waals surface area contributed by atoms with E-state index in [0.29, 0.717) is 13.1 Å². The molecule has 2 amide bonds. The Hall–Kier alpha value is -0.750. The van der Waals surface area contributed by atoms with Crippen LogP contribution in [0.1, 0.15) is 46.5 Å². The van der Waals surface area contributed by atoms with Crippen molar-refractivity contribution < 1.29 is 9.59 Å². The van der Waals surface area contributed by atoms with Gasteiger partial charge in [-0.05, 0) is 12.3 Å². The van der Waals surface area contributed by atoms with E-state index in [-0.39, 0.29) is 28.8 Å². The van der Waals surface area contributed by atoms with E-state index in [0.717, 1.165) is 32.2 Å². The van der Waals surface area contributed by atoms with E-state index in [4.69, 9.17) is 0 Å². The van der Waals surface area contributed by atoms with Gasteiger partial charge in [-0.3, -0.25) is 14.9 Å². The first kappa shape index (κ1) is 16.6. The minimum Gasteiger partial charge on any atom is -0.334 e. The van der Waals surface area contributed by atoms with Crippen molar-refractivity contribution in [3.63, 3.8) is 0 Å². The van der Waals surface area contributed by atoms with Gasteiger partial charge in [-0.1, -0.05) is 39.8 Å². The van der Waals surface area contributed by atoms with Crippen LogP contribution in [-0.4, -0.2) is 52.3 Å². The zero-order valence-electron chi connectivity index (χ0n) is 13.3. The van der Waals surface area contributed by atoms with Crippen LogP contribution in [0.25, 0.3) is 0 Å². The summed E-state index contributed by atoms with van der Waals surface area (Å²) in [5.74, 6) is 0.509. The molecule has 0 aliphatic carbocycles. The van der Waals surface area contributed by atoms with Crippen molar-refractivity contribution in [2.75, 3.05) is 19.6 Å². The van der Waals surface area contributed by atoms with Crippen LogP contribution in [0.15, 0.2) is 0 Å². The zero-order valence-corrected chi connectivity index (χ0v) is 14.2. The van der Waals surface area contributed by atoms with Crippen LogP contribution >= 0.6 is 12.6 Å². The van der Waals surface area contributed by atoms with Crippen molar-refractivity contribution in [3.05, 3.63) is 0 Å². The average molecular weight is 313 g/mol. The lowest BCUT2D eigenvalue weighted by Gasteiger charge is -2.44. The van der Waals surface area contributed by atoms with Gasteiger partial charge in [0.2, 0.25) is 5.91 Å². The standard InChI is InChI=1S/C15H27N3O2S/c1-4-5-8-18-13(19)12(11(2)3)16-15(18)6-9-17(10-7-15)14(20)21/h11-12,16H,4-10H2,1-3H3,(H,20,21). The fraction of sp³-hybridized carbons (Fsp3) is 0.867. The summed E-state index contributed by atoms with van der Waals surface area (Å²) >= 11 is 3.91. The number of hydrogen-bond donors (Lipinski definition) is 2. The number of carbonyl (C=O) groups is 2. The monoisotopic (exact) mass is 313 g/mol. The van der Waals surface area contributed by atoms with Crippen molar-refractivity contribution in [2.45, 2.75) is 58.2 Å². The van der Waals surface area contributed by atoms with Gasteiger partial charge in [-0.15, -0.1) is 0 Å². The maximum absolute atomic E-state index is 12.7. The molecule has 1 atom stereocenters. The van der Waals surface area contributed by atoms with Crippen molar-refractivity contribution >= 4 is 23.8 Å². The number of amides is 2. The third kappa shape index (κ3) is 3.21. The van der Waals surface area contributed by atoms with E-state index in [1.165, 1.54) is 0 Å². The van der Waals surface area contributed by atoms with Crippen LogP contribution < -0.4 is 5.32 Å². The summed E-state index contributed by atoms with van der Waals surface area (Å²) in [6.07, 6.45) is 3.68. The maximum Gasteiger partial charge on any atom is 0.278 e. The topological polar surface area (TPSA) is 52.7 Å². The van der Waals surface area contributed by atoms with Gasteiger partial charge in [0.15, 0.2) is 0 Å². The Kier molecular flexibility index (Phi) is 5.20. The summed E-state index contributed by atoms with van der Waals surface area (Å²) in [6.45, 7) is 8.44. The SMILES string of the molecule is CCCCN1C(=O)C(C(C)C)NC12CCN(C(=O)S)CC2. The van der Waals surface area contributed by atoms with Crippen LogP contribution in [0.2, 0.25) is 0 Å². The number of thiol groups is 1. The molecule has 0 bridgehead atoms. The molecule has 2 rings (SSSR count). The Balaban J connectivity index is 2.15. The molecule has 0 aromatic rings. The number of unbranched alkanes of at least 4 members (excludes halogenated alkanes) is 1.